The van der Waals surface area contributed by atoms with Crippen LogP contribution in [0, 0.1) is 0 Å². The predicted octanol–water partition coefficient (Wildman–Crippen LogP) is 1.55. The zero-order valence-electron chi connectivity index (χ0n) is 13.4. The van der Waals surface area contributed by atoms with Crippen LogP contribution in [0.2, 0.25) is 0 Å². The Balaban J connectivity index is 1.57. The molecule has 0 saturated carbocycles. The second-order valence-electron chi connectivity index (χ2n) is 6.42. The SMILES string of the molecule is O=C1CCCN1[C@H]1CCCN(CCS(=O)(=O)c2ccccc2)C1. The second-order valence-corrected chi connectivity index (χ2v) is 8.53. The van der Waals surface area contributed by atoms with Crippen LogP contribution in [0.25, 0.3) is 0 Å². The number of hydrogen-bond acceptors (Lipinski definition) is 4. The van der Waals surface area contributed by atoms with Crippen LogP contribution in [0.3, 0.4) is 0 Å². The van der Waals surface area contributed by atoms with Crippen LogP contribution >= 0.6 is 0 Å². The summed E-state index contributed by atoms with van der Waals surface area (Å²) in [6.45, 7) is 3.12. The van der Waals surface area contributed by atoms with Crippen molar-refractivity contribution in [3.05, 3.63) is 30.3 Å². The van der Waals surface area contributed by atoms with Crippen LogP contribution < -0.4 is 0 Å². The van der Waals surface area contributed by atoms with Gasteiger partial charge < -0.3 is 9.80 Å². The minimum Gasteiger partial charge on any atom is -0.338 e. The molecule has 1 atom stereocenters. The Morgan fingerprint density at radius 1 is 1.09 bits per heavy atom. The minimum atomic E-state index is -3.23. The molecular formula is C17H24N2O3S. The van der Waals surface area contributed by atoms with Crippen molar-refractivity contribution in [2.24, 2.45) is 0 Å². The number of carbonyl (C=O) groups excluding carboxylic acids is 1. The van der Waals surface area contributed by atoms with E-state index in [0.29, 0.717) is 17.9 Å². The molecule has 6 heteroatoms. The van der Waals surface area contributed by atoms with Crippen molar-refractivity contribution in [1.82, 2.24) is 9.80 Å². The molecule has 2 saturated heterocycles. The summed E-state index contributed by atoms with van der Waals surface area (Å²) in [7, 11) is -3.23. The maximum atomic E-state index is 12.4. The van der Waals surface area contributed by atoms with E-state index in [4.69, 9.17) is 0 Å². The van der Waals surface area contributed by atoms with E-state index in [9.17, 15) is 13.2 Å². The first kappa shape index (κ1) is 16.5. The van der Waals surface area contributed by atoms with Crippen LogP contribution in [0.5, 0.6) is 0 Å². The Kier molecular flexibility index (Phi) is 5.02. The van der Waals surface area contributed by atoms with Gasteiger partial charge in [0.2, 0.25) is 5.91 Å². The smallest absolute Gasteiger partial charge is 0.222 e. The van der Waals surface area contributed by atoms with E-state index >= 15 is 0 Å². The highest BCUT2D eigenvalue weighted by Crippen LogP contribution is 2.21. The third kappa shape index (κ3) is 3.93. The van der Waals surface area contributed by atoms with Crippen molar-refractivity contribution in [1.29, 1.82) is 0 Å². The maximum Gasteiger partial charge on any atom is 0.222 e. The molecular weight excluding hydrogens is 312 g/mol. The van der Waals surface area contributed by atoms with E-state index in [1.807, 2.05) is 11.0 Å². The van der Waals surface area contributed by atoms with Crippen molar-refractivity contribution in [3.63, 3.8) is 0 Å². The highest BCUT2D eigenvalue weighted by Gasteiger charge is 2.31. The Bertz CT molecular complexity index is 645. The third-order valence-electron chi connectivity index (χ3n) is 4.81. The van der Waals surface area contributed by atoms with E-state index < -0.39 is 9.84 Å². The summed E-state index contributed by atoms with van der Waals surface area (Å²) in [5.41, 5.74) is 0. The Morgan fingerprint density at radius 3 is 2.57 bits per heavy atom. The number of piperidine rings is 1. The zero-order valence-corrected chi connectivity index (χ0v) is 14.2. The number of carbonyl (C=O) groups is 1. The zero-order chi connectivity index (χ0) is 16.3. The van der Waals surface area contributed by atoms with Crippen LogP contribution in [0.1, 0.15) is 25.7 Å². The summed E-state index contributed by atoms with van der Waals surface area (Å²) >= 11 is 0. The fraction of sp³-hybridized carbons (Fsp3) is 0.588. The molecule has 2 fully saturated rings. The average molecular weight is 336 g/mol. The Morgan fingerprint density at radius 2 is 1.87 bits per heavy atom. The fourth-order valence-corrected chi connectivity index (χ4v) is 4.84. The summed E-state index contributed by atoms with van der Waals surface area (Å²) in [6, 6.07) is 8.89. The quantitative estimate of drug-likeness (QED) is 0.818. The molecule has 2 aliphatic heterocycles. The minimum absolute atomic E-state index is 0.137. The number of likely N-dealkylation sites (tertiary alicyclic amines) is 2. The Labute approximate surface area is 138 Å². The van der Waals surface area contributed by atoms with Crippen LogP contribution in [-0.4, -0.2) is 62.1 Å². The van der Waals surface area contributed by atoms with Gasteiger partial charge in [-0.3, -0.25) is 4.79 Å². The number of benzene rings is 1. The summed E-state index contributed by atoms with van der Waals surface area (Å²) in [6.07, 6.45) is 3.68. The molecule has 5 nitrogen and oxygen atoms in total. The van der Waals surface area contributed by atoms with Gasteiger partial charge in [-0.25, -0.2) is 8.42 Å². The third-order valence-corrected chi connectivity index (χ3v) is 6.52. The molecule has 0 aromatic heterocycles. The molecule has 0 aliphatic carbocycles. The highest BCUT2D eigenvalue weighted by atomic mass is 32.2. The normalized spacial score (nSPS) is 23.4. The summed E-state index contributed by atoms with van der Waals surface area (Å²) < 4.78 is 24.7. The van der Waals surface area contributed by atoms with Gasteiger partial charge in [-0.05, 0) is 37.9 Å². The van der Waals surface area contributed by atoms with Crippen molar-refractivity contribution >= 4 is 15.7 Å². The molecule has 126 valence electrons. The molecule has 23 heavy (non-hydrogen) atoms. The number of nitrogens with zero attached hydrogens (tertiary/aromatic N) is 2. The standard InChI is InChI=1S/C17H24N2O3S/c20-17-9-5-11-19(17)15-6-4-10-18(14-15)12-13-23(21,22)16-7-2-1-3-8-16/h1-3,7-8,15H,4-6,9-14H2/t15-/m0/s1. The van der Waals surface area contributed by atoms with Crippen molar-refractivity contribution in [3.8, 4) is 0 Å². The summed E-state index contributed by atoms with van der Waals surface area (Å²) in [5, 5.41) is 0. The lowest BCUT2D eigenvalue weighted by atomic mass is 10.0. The Hall–Kier alpha value is -1.40. The van der Waals surface area contributed by atoms with Gasteiger partial charge in [-0.15, -0.1) is 0 Å². The van der Waals surface area contributed by atoms with Gasteiger partial charge in [-0.1, -0.05) is 18.2 Å². The first-order chi connectivity index (χ1) is 11.1. The van der Waals surface area contributed by atoms with Gasteiger partial charge in [0.1, 0.15) is 0 Å². The topological polar surface area (TPSA) is 57.7 Å². The lowest BCUT2D eigenvalue weighted by Gasteiger charge is -2.37. The second kappa shape index (κ2) is 7.01. The number of amides is 1. The number of rotatable bonds is 5. The van der Waals surface area contributed by atoms with E-state index in [1.54, 1.807) is 24.3 Å². The van der Waals surface area contributed by atoms with Gasteiger partial charge in [0.25, 0.3) is 0 Å². The highest BCUT2D eigenvalue weighted by molar-refractivity contribution is 7.91. The number of sulfone groups is 1. The molecule has 0 unspecified atom stereocenters. The monoisotopic (exact) mass is 336 g/mol. The van der Waals surface area contributed by atoms with Crippen molar-refractivity contribution in [2.75, 3.05) is 31.9 Å². The molecule has 1 amide bonds. The molecule has 0 bridgehead atoms. The van der Waals surface area contributed by atoms with Gasteiger partial charge in [-0.2, -0.15) is 0 Å². The fourth-order valence-electron chi connectivity index (χ4n) is 3.54. The van der Waals surface area contributed by atoms with E-state index in [1.165, 1.54) is 0 Å². The lowest BCUT2D eigenvalue weighted by molar-refractivity contribution is -0.130. The lowest BCUT2D eigenvalue weighted by Crippen LogP contribution is -2.49. The maximum absolute atomic E-state index is 12.4. The van der Waals surface area contributed by atoms with Crippen LogP contribution in [0.15, 0.2) is 35.2 Å². The molecule has 0 radical (unpaired) electrons. The van der Waals surface area contributed by atoms with E-state index in [2.05, 4.69) is 4.90 Å². The molecule has 1 aromatic rings. The molecule has 3 rings (SSSR count). The van der Waals surface area contributed by atoms with Crippen LogP contribution in [0.4, 0.5) is 0 Å². The molecule has 1 aromatic carbocycles. The molecule has 0 N–H and O–H groups in total. The first-order valence-corrected chi connectivity index (χ1v) is 10.0. The van der Waals surface area contributed by atoms with E-state index in [-0.39, 0.29) is 17.7 Å². The van der Waals surface area contributed by atoms with Crippen molar-refractivity contribution in [2.45, 2.75) is 36.6 Å². The molecule has 2 heterocycles. The van der Waals surface area contributed by atoms with Crippen LogP contribution in [-0.2, 0) is 14.6 Å². The van der Waals surface area contributed by atoms with Gasteiger partial charge in [0, 0.05) is 32.1 Å². The molecule has 2 aliphatic rings. The molecule has 0 spiro atoms. The largest absolute Gasteiger partial charge is 0.338 e. The summed E-state index contributed by atoms with van der Waals surface area (Å²) in [4.78, 5) is 16.5. The van der Waals surface area contributed by atoms with Gasteiger partial charge in [0.15, 0.2) is 9.84 Å². The predicted molar refractivity (Wildman–Crippen MR) is 88.9 cm³/mol. The average Bonchev–Trinajstić information content (AvgIpc) is 3.00. The van der Waals surface area contributed by atoms with Gasteiger partial charge in [0.05, 0.1) is 10.6 Å². The number of hydrogen-bond donors (Lipinski definition) is 0. The first-order valence-electron chi connectivity index (χ1n) is 8.36. The summed E-state index contributed by atoms with van der Waals surface area (Å²) in [5.74, 6) is 0.395. The van der Waals surface area contributed by atoms with Gasteiger partial charge >= 0.3 is 0 Å². The van der Waals surface area contributed by atoms with E-state index in [0.717, 1.165) is 38.9 Å². The van der Waals surface area contributed by atoms with Crippen molar-refractivity contribution < 1.29 is 13.2 Å².